The Morgan fingerprint density at radius 1 is 1.23 bits per heavy atom. The Bertz CT molecular complexity index is 503. The minimum atomic E-state index is -0.797. The standard InChI is InChI=1S/C15H20Cl2N2O3/c1-2-19(9-4-3-8-14(21)22)10-13(20)18-15-11(16)6-5-7-12(15)17/h5-7H,2-4,8-10H2,1H3,(H,18,20)(H,21,22). The van der Waals surface area contributed by atoms with Gasteiger partial charge < -0.3 is 10.4 Å². The Hall–Kier alpha value is -1.30. The van der Waals surface area contributed by atoms with E-state index in [2.05, 4.69) is 5.32 Å². The summed E-state index contributed by atoms with van der Waals surface area (Å²) < 4.78 is 0. The van der Waals surface area contributed by atoms with Crippen LogP contribution in [-0.4, -0.2) is 41.5 Å². The lowest BCUT2D eigenvalue weighted by molar-refractivity contribution is -0.137. The van der Waals surface area contributed by atoms with Crippen molar-refractivity contribution in [1.29, 1.82) is 0 Å². The zero-order chi connectivity index (χ0) is 16.5. The molecule has 1 aromatic carbocycles. The molecule has 0 saturated heterocycles. The van der Waals surface area contributed by atoms with E-state index in [1.807, 2.05) is 11.8 Å². The maximum atomic E-state index is 12.1. The molecule has 1 rings (SSSR count). The maximum Gasteiger partial charge on any atom is 0.303 e. The lowest BCUT2D eigenvalue weighted by Gasteiger charge is -2.20. The van der Waals surface area contributed by atoms with Crippen molar-refractivity contribution in [3.63, 3.8) is 0 Å². The number of benzene rings is 1. The molecule has 0 radical (unpaired) electrons. The zero-order valence-corrected chi connectivity index (χ0v) is 14.0. The number of carbonyl (C=O) groups excluding carboxylic acids is 1. The summed E-state index contributed by atoms with van der Waals surface area (Å²) in [5.74, 6) is -0.996. The summed E-state index contributed by atoms with van der Waals surface area (Å²) in [6.07, 6.45) is 1.49. The third-order valence-corrected chi connectivity index (χ3v) is 3.79. The van der Waals surface area contributed by atoms with E-state index in [-0.39, 0.29) is 18.9 Å². The van der Waals surface area contributed by atoms with Gasteiger partial charge in [-0.3, -0.25) is 14.5 Å². The number of carboxylic acids is 1. The fourth-order valence-electron chi connectivity index (χ4n) is 1.96. The molecule has 7 heteroatoms. The lowest BCUT2D eigenvalue weighted by atomic mass is 10.2. The number of hydrogen-bond donors (Lipinski definition) is 2. The quantitative estimate of drug-likeness (QED) is 0.671. The first-order valence-electron chi connectivity index (χ1n) is 7.12. The van der Waals surface area contributed by atoms with Crippen LogP contribution in [0.3, 0.4) is 0 Å². The first kappa shape index (κ1) is 18.7. The smallest absolute Gasteiger partial charge is 0.303 e. The van der Waals surface area contributed by atoms with E-state index in [9.17, 15) is 9.59 Å². The van der Waals surface area contributed by atoms with E-state index in [1.54, 1.807) is 18.2 Å². The van der Waals surface area contributed by atoms with Crippen molar-refractivity contribution in [3.05, 3.63) is 28.2 Å². The number of carboxylic acid groups (broad SMARTS) is 1. The van der Waals surface area contributed by atoms with E-state index in [0.29, 0.717) is 35.2 Å². The van der Waals surface area contributed by atoms with Crippen LogP contribution < -0.4 is 5.32 Å². The van der Waals surface area contributed by atoms with Gasteiger partial charge in [0, 0.05) is 6.42 Å². The second-order valence-electron chi connectivity index (χ2n) is 4.86. The number of halogens is 2. The third-order valence-electron chi connectivity index (χ3n) is 3.16. The molecule has 0 spiro atoms. The van der Waals surface area contributed by atoms with Gasteiger partial charge in [0.1, 0.15) is 0 Å². The first-order chi connectivity index (χ1) is 10.4. The molecule has 0 atom stereocenters. The Morgan fingerprint density at radius 3 is 2.41 bits per heavy atom. The summed E-state index contributed by atoms with van der Waals surface area (Å²) in [5.41, 5.74) is 0.415. The fraction of sp³-hybridized carbons (Fsp3) is 0.467. The van der Waals surface area contributed by atoms with Crippen molar-refractivity contribution in [3.8, 4) is 0 Å². The summed E-state index contributed by atoms with van der Waals surface area (Å²) in [5, 5.41) is 12.1. The molecule has 5 nitrogen and oxygen atoms in total. The summed E-state index contributed by atoms with van der Waals surface area (Å²) in [6.45, 7) is 3.54. The van der Waals surface area contributed by atoms with E-state index in [4.69, 9.17) is 28.3 Å². The number of anilines is 1. The number of carbonyl (C=O) groups is 2. The number of amides is 1. The molecule has 122 valence electrons. The number of rotatable bonds is 9. The first-order valence-corrected chi connectivity index (χ1v) is 7.87. The number of hydrogen-bond acceptors (Lipinski definition) is 3. The Morgan fingerprint density at radius 2 is 1.86 bits per heavy atom. The maximum absolute atomic E-state index is 12.1. The van der Waals surface area contributed by atoms with E-state index in [0.717, 1.165) is 6.42 Å². The lowest BCUT2D eigenvalue weighted by Crippen LogP contribution is -2.34. The van der Waals surface area contributed by atoms with E-state index < -0.39 is 5.97 Å². The largest absolute Gasteiger partial charge is 0.481 e. The van der Waals surface area contributed by atoms with Gasteiger partial charge in [0.25, 0.3) is 0 Å². The Kier molecular flexibility index (Phi) is 8.24. The van der Waals surface area contributed by atoms with Crippen molar-refractivity contribution in [2.24, 2.45) is 0 Å². The van der Waals surface area contributed by atoms with Crippen LogP contribution in [0.25, 0.3) is 0 Å². The second-order valence-corrected chi connectivity index (χ2v) is 5.68. The molecule has 0 fully saturated rings. The van der Waals surface area contributed by atoms with Crippen LogP contribution in [0.1, 0.15) is 26.2 Å². The number of nitrogens with zero attached hydrogens (tertiary/aromatic N) is 1. The van der Waals surface area contributed by atoms with Gasteiger partial charge in [0.05, 0.1) is 22.3 Å². The molecule has 0 aromatic heterocycles. The van der Waals surface area contributed by atoms with Gasteiger partial charge >= 0.3 is 5.97 Å². The van der Waals surface area contributed by atoms with Gasteiger partial charge in [-0.2, -0.15) is 0 Å². The zero-order valence-electron chi connectivity index (χ0n) is 12.4. The average molecular weight is 347 g/mol. The van der Waals surface area contributed by atoms with Crippen LogP contribution in [0.15, 0.2) is 18.2 Å². The van der Waals surface area contributed by atoms with Crippen LogP contribution in [-0.2, 0) is 9.59 Å². The average Bonchev–Trinajstić information content (AvgIpc) is 2.46. The second kappa shape index (κ2) is 9.66. The molecule has 0 aliphatic rings. The van der Waals surface area contributed by atoms with Crippen molar-refractivity contribution < 1.29 is 14.7 Å². The SMILES string of the molecule is CCN(CCCCC(=O)O)CC(=O)Nc1c(Cl)cccc1Cl. The molecule has 0 saturated carbocycles. The predicted molar refractivity (Wildman–Crippen MR) is 88.7 cm³/mol. The summed E-state index contributed by atoms with van der Waals surface area (Å²) in [7, 11) is 0. The Balaban J connectivity index is 2.46. The number of unbranched alkanes of at least 4 members (excludes halogenated alkanes) is 1. The molecule has 0 aliphatic carbocycles. The van der Waals surface area contributed by atoms with Crippen LogP contribution in [0.2, 0.25) is 10.0 Å². The molecule has 0 aliphatic heterocycles. The number of likely N-dealkylation sites (N-methyl/N-ethyl adjacent to an activating group) is 1. The molecule has 22 heavy (non-hydrogen) atoms. The minimum Gasteiger partial charge on any atom is -0.481 e. The van der Waals surface area contributed by atoms with Crippen molar-refractivity contribution in [2.75, 3.05) is 25.0 Å². The monoisotopic (exact) mass is 346 g/mol. The van der Waals surface area contributed by atoms with Gasteiger partial charge in [-0.15, -0.1) is 0 Å². The van der Waals surface area contributed by atoms with Gasteiger partial charge in [0.15, 0.2) is 0 Å². The molecular weight excluding hydrogens is 327 g/mol. The van der Waals surface area contributed by atoms with Crippen LogP contribution in [0.4, 0.5) is 5.69 Å². The van der Waals surface area contributed by atoms with Crippen LogP contribution in [0.5, 0.6) is 0 Å². The minimum absolute atomic E-state index is 0.152. The van der Waals surface area contributed by atoms with Gasteiger partial charge in [0.2, 0.25) is 5.91 Å². The van der Waals surface area contributed by atoms with Crippen LogP contribution >= 0.6 is 23.2 Å². The highest BCUT2D eigenvalue weighted by atomic mass is 35.5. The predicted octanol–water partition coefficient (Wildman–Crippen LogP) is 3.51. The highest BCUT2D eigenvalue weighted by molar-refractivity contribution is 6.39. The highest BCUT2D eigenvalue weighted by Gasteiger charge is 2.13. The summed E-state index contributed by atoms with van der Waals surface area (Å²) >= 11 is 12.0. The molecule has 0 bridgehead atoms. The summed E-state index contributed by atoms with van der Waals surface area (Å²) in [6, 6.07) is 5.03. The van der Waals surface area contributed by atoms with E-state index in [1.165, 1.54) is 0 Å². The number of aliphatic carboxylic acids is 1. The number of nitrogens with one attached hydrogen (secondary N) is 1. The van der Waals surface area contributed by atoms with Crippen molar-refractivity contribution >= 4 is 40.8 Å². The van der Waals surface area contributed by atoms with Crippen molar-refractivity contribution in [2.45, 2.75) is 26.2 Å². The molecular formula is C15H20Cl2N2O3. The molecule has 0 unspecified atom stereocenters. The van der Waals surface area contributed by atoms with Gasteiger partial charge in [-0.25, -0.2) is 0 Å². The normalized spacial score (nSPS) is 10.7. The molecule has 1 aromatic rings. The molecule has 1 amide bonds. The fourth-order valence-corrected chi connectivity index (χ4v) is 2.45. The van der Waals surface area contributed by atoms with Crippen LogP contribution in [0, 0.1) is 0 Å². The van der Waals surface area contributed by atoms with E-state index >= 15 is 0 Å². The van der Waals surface area contributed by atoms with Gasteiger partial charge in [-0.1, -0.05) is 36.2 Å². The highest BCUT2D eigenvalue weighted by Crippen LogP contribution is 2.29. The third kappa shape index (κ3) is 6.64. The number of para-hydroxylation sites is 1. The topological polar surface area (TPSA) is 69.6 Å². The van der Waals surface area contributed by atoms with Crippen molar-refractivity contribution in [1.82, 2.24) is 4.90 Å². The molecule has 2 N–H and O–H groups in total. The Labute approximate surface area is 140 Å². The summed E-state index contributed by atoms with van der Waals surface area (Å²) in [4.78, 5) is 24.5. The molecule has 0 heterocycles. The van der Waals surface area contributed by atoms with Gasteiger partial charge in [-0.05, 0) is 38.1 Å².